The summed E-state index contributed by atoms with van der Waals surface area (Å²) in [6, 6.07) is 12.8. The Balaban J connectivity index is 2.26. The van der Waals surface area contributed by atoms with Gasteiger partial charge >= 0.3 is 6.61 Å². The molecule has 5 heteroatoms. The number of ether oxygens (including phenoxy) is 1. The smallest absolute Gasteiger partial charge is 0.387 e. The zero-order valence-corrected chi connectivity index (χ0v) is 11.8. The fraction of sp³-hybridized carbons (Fsp3) is 0.0714. The molecule has 0 N–H and O–H groups in total. The van der Waals surface area contributed by atoms with E-state index in [1.807, 2.05) is 12.1 Å². The molecule has 0 bridgehead atoms. The van der Waals surface area contributed by atoms with Crippen LogP contribution < -0.4 is 4.74 Å². The molecule has 19 heavy (non-hydrogen) atoms. The van der Waals surface area contributed by atoms with Gasteiger partial charge in [0.15, 0.2) is 5.78 Å². The number of halogens is 3. The molecule has 0 radical (unpaired) electrons. The first-order valence-corrected chi connectivity index (χ1v) is 6.49. The molecule has 0 unspecified atom stereocenters. The van der Waals surface area contributed by atoms with E-state index in [0.29, 0.717) is 11.1 Å². The van der Waals surface area contributed by atoms with Crippen LogP contribution in [0.5, 0.6) is 5.75 Å². The van der Waals surface area contributed by atoms with Crippen molar-refractivity contribution in [1.29, 1.82) is 0 Å². The van der Waals surface area contributed by atoms with Crippen LogP contribution in [0.3, 0.4) is 0 Å². The monoisotopic (exact) mass is 374 g/mol. The average Bonchev–Trinajstić information content (AvgIpc) is 2.38. The lowest BCUT2D eigenvalue weighted by Crippen LogP contribution is -2.05. The van der Waals surface area contributed by atoms with Gasteiger partial charge in [0.05, 0.1) is 0 Å². The van der Waals surface area contributed by atoms with Gasteiger partial charge in [-0.15, -0.1) is 0 Å². The minimum Gasteiger partial charge on any atom is -0.435 e. The van der Waals surface area contributed by atoms with Gasteiger partial charge in [-0.25, -0.2) is 0 Å². The lowest BCUT2D eigenvalue weighted by Gasteiger charge is -2.06. The molecule has 98 valence electrons. The molecule has 0 saturated carbocycles. The molecular weight excluding hydrogens is 365 g/mol. The second-order valence-electron chi connectivity index (χ2n) is 3.74. The van der Waals surface area contributed by atoms with Crippen LogP contribution in [0.1, 0.15) is 15.9 Å². The SMILES string of the molecule is O=C(c1ccc(I)cc1)c1cccc(OC(F)F)c1. The fourth-order valence-electron chi connectivity index (χ4n) is 1.58. The maximum atomic E-state index is 12.2. The predicted molar refractivity (Wildman–Crippen MR) is 75.7 cm³/mol. The average molecular weight is 374 g/mol. The Morgan fingerprint density at radius 1 is 1.05 bits per heavy atom. The second-order valence-corrected chi connectivity index (χ2v) is 4.99. The Labute approximate surface area is 122 Å². The zero-order chi connectivity index (χ0) is 13.8. The van der Waals surface area contributed by atoms with E-state index >= 15 is 0 Å². The van der Waals surface area contributed by atoms with E-state index < -0.39 is 6.61 Å². The highest BCUT2D eigenvalue weighted by Crippen LogP contribution is 2.19. The fourth-order valence-corrected chi connectivity index (χ4v) is 1.94. The van der Waals surface area contributed by atoms with Crippen molar-refractivity contribution in [2.24, 2.45) is 0 Å². The van der Waals surface area contributed by atoms with Gasteiger partial charge in [0, 0.05) is 14.7 Å². The molecule has 0 aliphatic heterocycles. The molecule has 0 saturated heterocycles. The third-order valence-corrected chi connectivity index (χ3v) is 3.15. The quantitative estimate of drug-likeness (QED) is 0.595. The zero-order valence-electron chi connectivity index (χ0n) is 9.65. The Hall–Kier alpha value is -1.50. The van der Waals surface area contributed by atoms with Crippen LogP contribution >= 0.6 is 22.6 Å². The highest BCUT2D eigenvalue weighted by atomic mass is 127. The standard InChI is InChI=1S/C14H9F2IO2/c15-14(16)19-12-3-1-2-10(8-12)13(18)9-4-6-11(17)7-5-9/h1-8,14H. The maximum Gasteiger partial charge on any atom is 0.387 e. The largest absolute Gasteiger partial charge is 0.435 e. The lowest BCUT2D eigenvalue weighted by molar-refractivity contribution is -0.0498. The van der Waals surface area contributed by atoms with Gasteiger partial charge in [-0.05, 0) is 59.0 Å². The topological polar surface area (TPSA) is 26.3 Å². The molecule has 0 aliphatic carbocycles. The van der Waals surface area contributed by atoms with Crippen molar-refractivity contribution in [1.82, 2.24) is 0 Å². The first-order valence-electron chi connectivity index (χ1n) is 5.41. The molecule has 2 aromatic rings. The first kappa shape index (κ1) is 13.9. The molecule has 0 spiro atoms. The molecular formula is C14H9F2IO2. The van der Waals surface area contributed by atoms with Crippen LogP contribution in [0.2, 0.25) is 0 Å². The number of carbonyl (C=O) groups is 1. The Morgan fingerprint density at radius 2 is 1.74 bits per heavy atom. The summed E-state index contributed by atoms with van der Waals surface area (Å²) < 4.78 is 29.5. The summed E-state index contributed by atoms with van der Waals surface area (Å²) in [6.45, 7) is -2.90. The Morgan fingerprint density at radius 3 is 2.37 bits per heavy atom. The van der Waals surface area contributed by atoms with E-state index in [2.05, 4.69) is 27.3 Å². The van der Waals surface area contributed by atoms with Gasteiger partial charge in [-0.2, -0.15) is 8.78 Å². The van der Waals surface area contributed by atoms with Gasteiger partial charge < -0.3 is 4.74 Å². The van der Waals surface area contributed by atoms with Crippen LogP contribution in [-0.2, 0) is 0 Å². The summed E-state index contributed by atoms with van der Waals surface area (Å²) in [7, 11) is 0. The normalized spacial score (nSPS) is 10.5. The molecule has 0 heterocycles. The van der Waals surface area contributed by atoms with Crippen molar-refractivity contribution in [3.63, 3.8) is 0 Å². The van der Waals surface area contributed by atoms with Crippen LogP contribution in [-0.4, -0.2) is 12.4 Å². The van der Waals surface area contributed by atoms with Crippen LogP contribution in [0.4, 0.5) is 8.78 Å². The number of hydrogen-bond donors (Lipinski definition) is 0. The highest BCUT2D eigenvalue weighted by molar-refractivity contribution is 14.1. The van der Waals surface area contributed by atoms with E-state index in [9.17, 15) is 13.6 Å². The minimum absolute atomic E-state index is 0.0219. The van der Waals surface area contributed by atoms with Gasteiger partial charge in [-0.3, -0.25) is 4.79 Å². The van der Waals surface area contributed by atoms with Crippen LogP contribution in [0.25, 0.3) is 0 Å². The number of carbonyl (C=O) groups excluding carboxylic acids is 1. The molecule has 2 nitrogen and oxygen atoms in total. The molecule has 0 fully saturated rings. The predicted octanol–water partition coefficient (Wildman–Crippen LogP) is 4.12. The van der Waals surface area contributed by atoms with E-state index in [1.54, 1.807) is 18.2 Å². The van der Waals surface area contributed by atoms with Crippen molar-refractivity contribution in [2.75, 3.05) is 0 Å². The van der Waals surface area contributed by atoms with Crippen molar-refractivity contribution in [3.05, 3.63) is 63.2 Å². The number of hydrogen-bond acceptors (Lipinski definition) is 2. The molecule has 0 aromatic heterocycles. The van der Waals surface area contributed by atoms with Crippen molar-refractivity contribution < 1.29 is 18.3 Å². The van der Waals surface area contributed by atoms with Crippen LogP contribution in [0.15, 0.2) is 48.5 Å². The van der Waals surface area contributed by atoms with E-state index in [1.165, 1.54) is 18.2 Å². The minimum atomic E-state index is -2.90. The van der Waals surface area contributed by atoms with Crippen molar-refractivity contribution >= 4 is 28.4 Å². The van der Waals surface area contributed by atoms with Crippen LogP contribution in [0, 0.1) is 3.57 Å². The summed E-state index contributed by atoms with van der Waals surface area (Å²) in [6.07, 6.45) is 0. The number of ketones is 1. The summed E-state index contributed by atoms with van der Waals surface area (Å²) in [4.78, 5) is 12.2. The third kappa shape index (κ3) is 3.73. The highest BCUT2D eigenvalue weighted by Gasteiger charge is 2.11. The summed E-state index contributed by atoms with van der Waals surface area (Å²) in [5.41, 5.74) is 0.828. The molecule has 0 atom stereocenters. The summed E-state index contributed by atoms with van der Waals surface area (Å²) in [5, 5.41) is 0. The molecule has 0 amide bonds. The van der Waals surface area contributed by atoms with E-state index in [-0.39, 0.29) is 11.5 Å². The second kappa shape index (κ2) is 6.10. The number of benzene rings is 2. The van der Waals surface area contributed by atoms with Gasteiger partial charge in [0.1, 0.15) is 5.75 Å². The van der Waals surface area contributed by atoms with E-state index in [0.717, 1.165) is 3.57 Å². The van der Waals surface area contributed by atoms with Gasteiger partial charge in [0.2, 0.25) is 0 Å². The van der Waals surface area contributed by atoms with Crippen molar-refractivity contribution in [3.8, 4) is 5.75 Å². The summed E-state index contributed by atoms with van der Waals surface area (Å²) >= 11 is 2.14. The van der Waals surface area contributed by atoms with E-state index in [4.69, 9.17) is 0 Å². The number of rotatable bonds is 4. The molecule has 0 aliphatic rings. The lowest BCUT2D eigenvalue weighted by atomic mass is 10.0. The van der Waals surface area contributed by atoms with Gasteiger partial charge in [0.25, 0.3) is 0 Å². The maximum absolute atomic E-state index is 12.2. The Kier molecular flexibility index (Phi) is 4.47. The third-order valence-electron chi connectivity index (χ3n) is 2.43. The van der Waals surface area contributed by atoms with Gasteiger partial charge in [-0.1, -0.05) is 12.1 Å². The molecule has 2 rings (SSSR count). The van der Waals surface area contributed by atoms with Crippen molar-refractivity contribution in [2.45, 2.75) is 6.61 Å². The number of alkyl halides is 2. The molecule has 2 aromatic carbocycles. The first-order chi connectivity index (χ1) is 9.06. The Bertz CT molecular complexity index is 582. The summed E-state index contributed by atoms with van der Waals surface area (Å²) in [5.74, 6) is -0.248.